The normalized spacial score (nSPS) is 11.5. The fourth-order valence-electron chi connectivity index (χ4n) is 3.25. The highest BCUT2D eigenvalue weighted by atomic mass is 35.5. The molecule has 33 heavy (non-hydrogen) atoms. The van der Waals surface area contributed by atoms with Gasteiger partial charge in [0, 0.05) is 13.1 Å². The number of halogens is 1. The number of hydrogen-bond donors (Lipinski definition) is 3. The van der Waals surface area contributed by atoms with Crippen LogP contribution in [0.5, 0.6) is 11.5 Å². The number of benzene rings is 3. The first-order valence-corrected chi connectivity index (χ1v) is 10.6. The summed E-state index contributed by atoms with van der Waals surface area (Å²) in [6.07, 6.45) is -0.672. The van der Waals surface area contributed by atoms with E-state index in [1.54, 1.807) is 18.2 Å². The minimum Gasteiger partial charge on any atom is -0.492 e. The number of ether oxygens (including phenoxy) is 2. The third-order valence-corrected chi connectivity index (χ3v) is 4.83. The van der Waals surface area contributed by atoms with Crippen LogP contribution in [-0.2, 0) is 0 Å². The number of carboxylic acids is 1. The second-order valence-corrected chi connectivity index (χ2v) is 7.69. The summed E-state index contributed by atoms with van der Waals surface area (Å²) < 4.78 is 11.4. The summed E-state index contributed by atoms with van der Waals surface area (Å²) in [6, 6.07) is 22.2. The van der Waals surface area contributed by atoms with Gasteiger partial charge in [0.05, 0.1) is 12.2 Å². The van der Waals surface area contributed by atoms with E-state index in [2.05, 4.69) is 5.32 Å². The van der Waals surface area contributed by atoms with Gasteiger partial charge in [-0.05, 0) is 54.8 Å². The van der Waals surface area contributed by atoms with Crippen molar-refractivity contribution in [3.8, 4) is 22.6 Å². The monoisotopic (exact) mass is 471 g/mol. The molecule has 3 rings (SSSR count). The Morgan fingerprint density at radius 1 is 0.970 bits per heavy atom. The standard InChI is InChI=1S/C26H29NO5.ClH/c1-18(2)32-25-16-21(10-13-23(25)26(29)30)19-8-11-22(12-9-19)31-15-14-27-17-24(28)20-6-4-3-5-7-20;/h3-13,16,18,24,27-28H,14-15,17H2,1-2H3,(H,29,30);1H/t24-;/m1./s1. The van der Waals surface area contributed by atoms with Crippen LogP contribution >= 0.6 is 12.4 Å². The fourth-order valence-corrected chi connectivity index (χ4v) is 3.25. The number of hydrogen-bond acceptors (Lipinski definition) is 5. The van der Waals surface area contributed by atoms with Gasteiger partial charge >= 0.3 is 5.97 Å². The molecule has 0 amide bonds. The molecule has 0 bridgehead atoms. The van der Waals surface area contributed by atoms with Crippen molar-refractivity contribution >= 4 is 18.4 Å². The van der Waals surface area contributed by atoms with Gasteiger partial charge < -0.3 is 25.0 Å². The molecule has 0 saturated heterocycles. The van der Waals surface area contributed by atoms with E-state index in [1.807, 2.05) is 68.4 Å². The summed E-state index contributed by atoms with van der Waals surface area (Å²) in [5, 5.41) is 22.7. The molecular weight excluding hydrogens is 442 g/mol. The maximum atomic E-state index is 11.4. The maximum absolute atomic E-state index is 11.4. The molecule has 0 saturated carbocycles. The number of aliphatic hydroxyl groups excluding tert-OH is 1. The van der Waals surface area contributed by atoms with Gasteiger partial charge in [-0.25, -0.2) is 4.79 Å². The first-order chi connectivity index (χ1) is 15.4. The van der Waals surface area contributed by atoms with Crippen molar-refractivity contribution in [2.75, 3.05) is 19.7 Å². The molecular formula is C26H30ClNO5. The van der Waals surface area contributed by atoms with Gasteiger partial charge in [-0.2, -0.15) is 0 Å². The summed E-state index contributed by atoms with van der Waals surface area (Å²) in [7, 11) is 0. The van der Waals surface area contributed by atoms with E-state index < -0.39 is 12.1 Å². The lowest BCUT2D eigenvalue weighted by Gasteiger charge is -2.14. The molecule has 0 radical (unpaired) electrons. The van der Waals surface area contributed by atoms with Crippen LogP contribution in [0.4, 0.5) is 0 Å². The molecule has 6 nitrogen and oxygen atoms in total. The number of aromatic carboxylic acids is 1. The molecule has 0 aliphatic heterocycles. The van der Waals surface area contributed by atoms with Crippen LogP contribution in [-0.4, -0.2) is 42.0 Å². The molecule has 3 N–H and O–H groups in total. The average Bonchev–Trinajstić information content (AvgIpc) is 2.79. The van der Waals surface area contributed by atoms with E-state index in [4.69, 9.17) is 9.47 Å². The number of rotatable bonds is 11. The van der Waals surface area contributed by atoms with Crippen molar-refractivity contribution < 1.29 is 24.5 Å². The molecule has 0 unspecified atom stereocenters. The van der Waals surface area contributed by atoms with Crippen LogP contribution < -0.4 is 14.8 Å². The third kappa shape index (κ3) is 7.79. The first-order valence-electron chi connectivity index (χ1n) is 10.6. The largest absolute Gasteiger partial charge is 0.492 e. The quantitative estimate of drug-likeness (QED) is 0.342. The van der Waals surface area contributed by atoms with Crippen LogP contribution in [0.15, 0.2) is 72.8 Å². The average molecular weight is 472 g/mol. The first kappa shape index (κ1) is 26.2. The van der Waals surface area contributed by atoms with E-state index in [1.165, 1.54) is 0 Å². The predicted octanol–water partition coefficient (Wildman–Crippen LogP) is 4.96. The number of carbonyl (C=O) groups is 1. The van der Waals surface area contributed by atoms with E-state index in [-0.39, 0.29) is 24.1 Å². The van der Waals surface area contributed by atoms with E-state index >= 15 is 0 Å². The predicted molar refractivity (Wildman–Crippen MR) is 132 cm³/mol. The molecule has 0 heterocycles. The van der Waals surface area contributed by atoms with Crippen molar-refractivity contribution in [2.45, 2.75) is 26.1 Å². The smallest absolute Gasteiger partial charge is 0.339 e. The molecule has 0 fully saturated rings. The van der Waals surface area contributed by atoms with E-state index in [0.717, 1.165) is 22.4 Å². The zero-order chi connectivity index (χ0) is 22.9. The molecule has 3 aromatic rings. The van der Waals surface area contributed by atoms with E-state index in [0.29, 0.717) is 25.4 Å². The zero-order valence-electron chi connectivity index (χ0n) is 18.7. The molecule has 176 valence electrons. The highest BCUT2D eigenvalue weighted by Gasteiger charge is 2.14. The zero-order valence-corrected chi connectivity index (χ0v) is 19.5. The van der Waals surface area contributed by atoms with Crippen LogP contribution in [0.25, 0.3) is 11.1 Å². The topological polar surface area (TPSA) is 88.0 Å². The highest BCUT2D eigenvalue weighted by molar-refractivity contribution is 5.92. The molecule has 3 aromatic carbocycles. The lowest BCUT2D eigenvalue weighted by molar-refractivity contribution is 0.0690. The summed E-state index contributed by atoms with van der Waals surface area (Å²) >= 11 is 0. The van der Waals surface area contributed by atoms with Crippen LogP contribution in [0, 0.1) is 0 Å². The van der Waals surface area contributed by atoms with Crippen molar-refractivity contribution in [3.63, 3.8) is 0 Å². The van der Waals surface area contributed by atoms with Gasteiger partial charge in [0.2, 0.25) is 0 Å². The lowest BCUT2D eigenvalue weighted by atomic mass is 10.0. The van der Waals surface area contributed by atoms with Crippen molar-refractivity contribution in [3.05, 3.63) is 83.9 Å². The molecule has 0 aromatic heterocycles. The molecule has 0 aliphatic carbocycles. The Hall–Kier alpha value is -3.06. The minimum absolute atomic E-state index is 0. The van der Waals surface area contributed by atoms with Gasteiger partial charge in [0.1, 0.15) is 23.7 Å². The molecule has 1 atom stereocenters. The van der Waals surface area contributed by atoms with Crippen LogP contribution in [0.3, 0.4) is 0 Å². The van der Waals surface area contributed by atoms with E-state index in [9.17, 15) is 15.0 Å². The summed E-state index contributed by atoms with van der Waals surface area (Å²) in [5.41, 5.74) is 2.84. The lowest BCUT2D eigenvalue weighted by Crippen LogP contribution is -2.26. The van der Waals surface area contributed by atoms with Crippen molar-refractivity contribution in [1.82, 2.24) is 5.32 Å². The van der Waals surface area contributed by atoms with Crippen LogP contribution in [0.2, 0.25) is 0 Å². The molecule has 7 heteroatoms. The summed E-state index contributed by atoms with van der Waals surface area (Å²) in [5.74, 6) is 0.0786. The Morgan fingerprint density at radius 3 is 2.27 bits per heavy atom. The molecule has 0 aliphatic rings. The van der Waals surface area contributed by atoms with Gasteiger partial charge in [0.15, 0.2) is 0 Å². The van der Waals surface area contributed by atoms with Gasteiger partial charge in [-0.15, -0.1) is 12.4 Å². The Morgan fingerprint density at radius 2 is 1.64 bits per heavy atom. The number of carboxylic acid groups (broad SMARTS) is 1. The highest BCUT2D eigenvalue weighted by Crippen LogP contribution is 2.29. The van der Waals surface area contributed by atoms with Crippen LogP contribution in [0.1, 0.15) is 35.9 Å². The Bertz CT molecular complexity index is 1010. The Kier molecular flexibility index (Phi) is 10.2. The maximum Gasteiger partial charge on any atom is 0.339 e. The van der Waals surface area contributed by atoms with Crippen molar-refractivity contribution in [2.24, 2.45) is 0 Å². The summed E-state index contributed by atoms with van der Waals surface area (Å²) in [4.78, 5) is 11.4. The third-order valence-electron chi connectivity index (χ3n) is 4.83. The number of nitrogens with one attached hydrogen (secondary N) is 1. The second-order valence-electron chi connectivity index (χ2n) is 7.69. The second kappa shape index (κ2) is 12.8. The Balaban J connectivity index is 0.00000385. The van der Waals surface area contributed by atoms with Gasteiger partial charge in [0.25, 0.3) is 0 Å². The fraction of sp³-hybridized carbons (Fsp3) is 0.269. The number of aliphatic hydroxyl groups is 1. The molecule has 0 spiro atoms. The van der Waals surface area contributed by atoms with Gasteiger partial charge in [-0.3, -0.25) is 0 Å². The Labute approximate surface area is 200 Å². The van der Waals surface area contributed by atoms with Gasteiger partial charge in [-0.1, -0.05) is 48.5 Å². The summed E-state index contributed by atoms with van der Waals surface area (Å²) in [6.45, 7) is 5.27. The SMILES string of the molecule is CC(C)Oc1cc(-c2ccc(OCCNC[C@@H](O)c3ccccc3)cc2)ccc1C(=O)O.Cl. The minimum atomic E-state index is -1.01. The van der Waals surface area contributed by atoms with Crippen molar-refractivity contribution in [1.29, 1.82) is 0 Å².